The number of carbonyl (C=O) groups excluding carboxylic acids is 1. The molecule has 0 spiro atoms. The summed E-state index contributed by atoms with van der Waals surface area (Å²) in [5.41, 5.74) is 0.768. The minimum atomic E-state index is -3.97. The summed E-state index contributed by atoms with van der Waals surface area (Å²) in [5.74, 6) is -0.514. The Labute approximate surface area is 183 Å². The molecule has 10 heteroatoms. The van der Waals surface area contributed by atoms with E-state index >= 15 is 0 Å². The summed E-state index contributed by atoms with van der Waals surface area (Å²) in [5, 5.41) is 0. The maximum Gasteiger partial charge on any atom is 0.306 e. The third kappa shape index (κ3) is 5.51. The minimum absolute atomic E-state index is 0.0336. The van der Waals surface area contributed by atoms with Crippen LogP contribution in [0.4, 0.5) is 0 Å². The smallest absolute Gasteiger partial charge is 0.306 e. The van der Waals surface area contributed by atoms with Gasteiger partial charge in [0.1, 0.15) is 0 Å². The topological polar surface area (TPSA) is 101 Å². The highest BCUT2D eigenvalue weighted by atomic mass is 32.2. The van der Waals surface area contributed by atoms with Crippen molar-refractivity contribution >= 4 is 26.0 Å². The molecule has 1 aliphatic rings. The monoisotopic (exact) mass is 466 g/mol. The van der Waals surface area contributed by atoms with Crippen molar-refractivity contribution in [3.8, 4) is 0 Å². The van der Waals surface area contributed by atoms with Crippen LogP contribution in [0.3, 0.4) is 0 Å². The number of sulfonamides is 2. The van der Waals surface area contributed by atoms with Crippen molar-refractivity contribution in [1.82, 2.24) is 8.61 Å². The van der Waals surface area contributed by atoms with Crippen molar-refractivity contribution in [3.63, 3.8) is 0 Å². The molecule has 0 amide bonds. The molecule has 0 radical (unpaired) electrons. The fourth-order valence-corrected chi connectivity index (χ4v) is 6.35. The third-order valence-electron chi connectivity index (χ3n) is 5.16. The number of carbonyl (C=O) groups is 1. The molecule has 1 aliphatic heterocycles. The number of hydrogen-bond donors (Lipinski definition) is 0. The summed E-state index contributed by atoms with van der Waals surface area (Å²) in [6, 6.07) is 14.3. The summed E-state index contributed by atoms with van der Waals surface area (Å²) in [6.45, 7) is 0.966. The second kappa shape index (κ2) is 9.90. The van der Waals surface area contributed by atoms with Gasteiger partial charge in [0.15, 0.2) is 0 Å². The Bertz CT molecular complexity index is 1090. The molecule has 0 bridgehead atoms. The number of ether oxygens (including phenoxy) is 1. The van der Waals surface area contributed by atoms with Crippen LogP contribution in [-0.4, -0.2) is 58.2 Å². The summed E-state index contributed by atoms with van der Waals surface area (Å²) in [6.07, 6.45) is 1.55. The normalized spacial score (nSPS) is 15.3. The van der Waals surface area contributed by atoms with Gasteiger partial charge in [0.25, 0.3) is 0 Å². The lowest BCUT2D eigenvalue weighted by Gasteiger charge is -2.22. The number of nitrogens with zero attached hydrogens (tertiary/aromatic N) is 2. The third-order valence-corrected chi connectivity index (χ3v) is 8.93. The fraction of sp³-hybridized carbons (Fsp3) is 0.381. The summed E-state index contributed by atoms with van der Waals surface area (Å²) >= 11 is 0. The zero-order chi connectivity index (χ0) is 22.5. The summed E-state index contributed by atoms with van der Waals surface area (Å²) in [7, 11) is -6.35. The van der Waals surface area contributed by atoms with E-state index in [1.165, 1.54) is 40.0 Å². The Balaban J connectivity index is 1.86. The molecule has 0 atom stereocenters. The van der Waals surface area contributed by atoms with E-state index < -0.39 is 26.0 Å². The Hall–Kier alpha value is -2.27. The number of methoxy groups -OCH3 is 1. The van der Waals surface area contributed by atoms with Crippen LogP contribution < -0.4 is 0 Å². The standard InChI is InChI=1S/C21H26N2O6S2/c1-29-21(24)13-16-23(17-18-7-3-2-4-8-18)31(27,28)20-11-9-19(10-12-20)30(25,26)22-14-5-6-15-22/h2-4,7-12H,5-6,13-17H2,1H3. The van der Waals surface area contributed by atoms with Crippen molar-refractivity contribution in [3.05, 3.63) is 60.2 Å². The molecule has 0 N–H and O–H groups in total. The predicted octanol–water partition coefficient (Wildman–Crippen LogP) is 2.23. The second-order valence-electron chi connectivity index (χ2n) is 7.23. The Morgan fingerprint density at radius 1 is 0.935 bits per heavy atom. The van der Waals surface area contributed by atoms with Gasteiger partial charge in [-0.15, -0.1) is 0 Å². The number of hydrogen-bond acceptors (Lipinski definition) is 6. The van der Waals surface area contributed by atoms with Crippen LogP contribution in [0.15, 0.2) is 64.4 Å². The van der Waals surface area contributed by atoms with Crippen molar-refractivity contribution in [2.24, 2.45) is 0 Å². The van der Waals surface area contributed by atoms with E-state index in [0.717, 1.165) is 18.4 Å². The van der Waals surface area contributed by atoms with Gasteiger partial charge in [-0.05, 0) is 42.7 Å². The van der Waals surface area contributed by atoms with Crippen LogP contribution in [0.5, 0.6) is 0 Å². The SMILES string of the molecule is COC(=O)CCN(Cc1ccccc1)S(=O)(=O)c1ccc(S(=O)(=O)N2CCCC2)cc1. The van der Waals surface area contributed by atoms with E-state index in [1.807, 2.05) is 6.07 Å². The fourth-order valence-electron chi connectivity index (χ4n) is 3.40. The van der Waals surface area contributed by atoms with Crippen LogP contribution in [-0.2, 0) is 36.1 Å². The van der Waals surface area contributed by atoms with Gasteiger partial charge in [-0.1, -0.05) is 30.3 Å². The Morgan fingerprint density at radius 2 is 1.52 bits per heavy atom. The molecule has 0 aliphatic carbocycles. The first-order chi connectivity index (χ1) is 14.7. The summed E-state index contributed by atoms with van der Waals surface area (Å²) < 4.78 is 59.2. The molecule has 31 heavy (non-hydrogen) atoms. The first-order valence-electron chi connectivity index (χ1n) is 9.96. The molecular weight excluding hydrogens is 440 g/mol. The molecule has 3 rings (SSSR count). The van der Waals surface area contributed by atoms with Crippen molar-refractivity contribution < 1.29 is 26.4 Å². The van der Waals surface area contributed by atoms with E-state index in [9.17, 15) is 21.6 Å². The predicted molar refractivity (Wildman–Crippen MR) is 115 cm³/mol. The lowest BCUT2D eigenvalue weighted by Crippen LogP contribution is -2.33. The van der Waals surface area contributed by atoms with Crippen LogP contribution in [0, 0.1) is 0 Å². The summed E-state index contributed by atoms with van der Waals surface area (Å²) in [4.78, 5) is 11.6. The molecule has 8 nitrogen and oxygen atoms in total. The van der Waals surface area contributed by atoms with Crippen molar-refractivity contribution in [2.75, 3.05) is 26.7 Å². The van der Waals surface area contributed by atoms with Gasteiger partial charge in [0.2, 0.25) is 20.0 Å². The molecule has 0 aromatic heterocycles. The quantitative estimate of drug-likeness (QED) is 0.525. The van der Waals surface area contributed by atoms with Gasteiger partial charge in [0.05, 0.1) is 23.3 Å². The number of rotatable bonds is 9. The van der Waals surface area contributed by atoms with Gasteiger partial charge in [-0.25, -0.2) is 16.8 Å². The lowest BCUT2D eigenvalue weighted by atomic mass is 10.2. The van der Waals surface area contributed by atoms with Crippen molar-refractivity contribution in [1.29, 1.82) is 0 Å². The van der Waals surface area contributed by atoms with E-state index in [-0.39, 0.29) is 29.3 Å². The largest absolute Gasteiger partial charge is 0.469 e. The minimum Gasteiger partial charge on any atom is -0.469 e. The first-order valence-corrected chi connectivity index (χ1v) is 12.8. The maximum atomic E-state index is 13.3. The number of esters is 1. The zero-order valence-corrected chi connectivity index (χ0v) is 18.9. The van der Waals surface area contributed by atoms with Crippen LogP contribution >= 0.6 is 0 Å². The molecule has 0 unspecified atom stereocenters. The van der Waals surface area contributed by atoms with Crippen LogP contribution in [0.2, 0.25) is 0 Å². The highest BCUT2D eigenvalue weighted by Gasteiger charge is 2.29. The molecule has 1 saturated heterocycles. The van der Waals surface area contributed by atoms with Crippen LogP contribution in [0.25, 0.3) is 0 Å². The average Bonchev–Trinajstić information content (AvgIpc) is 3.33. The van der Waals surface area contributed by atoms with E-state index in [0.29, 0.717) is 13.1 Å². The molecule has 168 valence electrons. The van der Waals surface area contributed by atoms with Crippen LogP contribution in [0.1, 0.15) is 24.8 Å². The zero-order valence-electron chi connectivity index (χ0n) is 17.3. The molecular formula is C21H26N2O6S2. The van der Waals surface area contributed by atoms with E-state index in [4.69, 9.17) is 0 Å². The molecule has 1 fully saturated rings. The van der Waals surface area contributed by atoms with Gasteiger partial charge in [-0.2, -0.15) is 8.61 Å². The highest BCUT2D eigenvalue weighted by Crippen LogP contribution is 2.24. The Kier molecular flexibility index (Phi) is 7.47. The van der Waals surface area contributed by atoms with Gasteiger partial charge in [-0.3, -0.25) is 4.79 Å². The average molecular weight is 467 g/mol. The lowest BCUT2D eigenvalue weighted by molar-refractivity contribution is -0.140. The van der Waals surface area contributed by atoms with Gasteiger partial charge in [0, 0.05) is 26.2 Å². The molecule has 1 heterocycles. The molecule has 2 aromatic rings. The van der Waals surface area contributed by atoms with Gasteiger partial charge < -0.3 is 4.74 Å². The Morgan fingerprint density at radius 3 is 2.10 bits per heavy atom. The highest BCUT2D eigenvalue weighted by molar-refractivity contribution is 7.89. The number of benzene rings is 2. The van der Waals surface area contributed by atoms with E-state index in [1.54, 1.807) is 24.3 Å². The van der Waals surface area contributed by atoms with E-state index in [2.05, 4.69) is 4.74 Å². The first kappa shape index (κ1) is 23.4. The van der Waals surface area contributed by atoms with Crippen molar-refractivity contribution in [2.45, 2.75) is 35.6 Å². The maximum absolute atomic E-state index is 13.3. The van der Waals surface area contributed by atoms with Gasteiger partial charge >= 0.3 is 5.97 Å². The molecule has 2 aromatic carbocycles. The molecule has 0 saturated carbocycles. The second-order valence-corrected chi connectivity index (χ2v) is 11.1.